The Hall–Kier alpha value is -5.29. The molecule has 0 spiro atoms. The van der Waals surface area contributed by atoms with Crippen molar-refractivity contribution in [1.29, 1.82) is 0 Å². The van der Waals surface area contributed by atoms with Gasteiger partial charge in [-0.05, 0) is 97.6 Å². The van der Waals surface area contributed by atoms with Crippen LogP contribution in [0.1, 0.15) is 54.0 Å². The number of hydrogen-bond donors (Lipinski definition) is 0. The molecule has 4 nitrogen and oxygen atoms in total. The van der Waals surface area contributed by atoms with Crippen LogP contribution in [-0.4, -0.2) is 25.2 Å². The second-order valence-electron chi connectivity index (χ2n) is 13.5. The summed E-state index contributed by atoms with van der Waals surface area (Å²) in [6.07, 6.45) is 0. The molecule has 0 atom stereocenters. The van der Waals surface area contributed by atoms with E-state index in [0.717, 1.165) is 70.9 Å². The van der Waals surface area contributed by atoms with Gasteiger partial charge in [0.05, 0.1) is 24.3 Å². The van der Waals surface area contributed by atoms with Crippen LogP contribution < -0.4 is 0 Å². The summed E-state index contributed by atoms with van der Waals surface area (Å²) in [4.78, 5) is 27.4. The van der Waals surface area contributed by atoms with Crippen molar-refractivity contribution in [2.75, 3.05) is 13.2 Å². The number of carbonyl (C=O) groups is 2. The van der Waals surface area contributed by atoms with Crippen molar-refractivity contribution in [3.05, 3.63) is 120 Å². The van der Waals surface area contributed by atoms with E-state index < -0.39 is 5.97 Å². The van der Waals surface area contributed by atoms with Crippen molar-refractivity contribution >= 4 is 55.0 Å². The maximum Gasteiger partial charge on any atom is 0.338 e. The van der Waals surface area contributed by atoms with Crippen molar-refractivity contribution in [2.45, 2.75) is 34.6 Å². The van der Waals surface area contributed by atoms with Gasteiger partial charge in [-0.2, -0.15) is 0 Å². The normalized spacial score (nSPS) is 11.8. The summed E-state index contributed by atoms with van der Waals surface area (Å²) < 4.78 is 25.6. The second kappa shape index (κ2) is 12.4. The minimum Gasteiger partial charge on any atom is -0.462 e. The summed E-state index contributed by atoms with van der Waals surface area (Å²) in [7, 11) is 0. The maximum atomic E-state index is 14.0. The highest BCUT2D eigenvalue weighted by Crippen LogP contribution is 2.47. The monoisotopic (exact) mass is 636 g/mol. The third-order valence-electron chi connectivity index (χ3n) is 8.95. The smallest absolute Gasteiger partial charge is 0.338 e. The molecule has 7 aromatic rings. The molecule has 0 aliphatic rings. The molecule has 0 aliphatic carbocycles. The fraction of sp³-hybridized carbons (Fsp3) is 0.209. The van der Waals surface area contributed by atoms with Crippen LogP contribution in [0.5, 0.6) is 0 Å². The number of halogens is 1. The molecule has 0 heterocycles. The van der Waals surface area contributed by atoms with Gasteiger partial charge in [0.2, 0.25) is 0 Å². The minimum atomic E-state index is -0.398. The maximum absolute atomic E-state index is 14.0. The topological polar surface area (TPSA) is 52.6 Å². The summed E-state index contributed by atoms with van der Waals surface area (Å²) in [5.41, 5.74) is 5.70. The Bertz CT molecular complexity index is 2150. The first kappa shape index (κ1) is 31.3. The molecule has 7 rings (SSSR count). The summed E-state index contributed by atoms with van der Waals surface area (Å²) in [6, 6.07) is 30.6. The molecule has 48 heavy (non-hydrogen) atoms. The number of aryl methyl sites for hydroxylation is 1. The summed E-state index contributed by atoms with van der Waals surface area (Å²) in [5, 5.41) is 7.30. The van der Waals surface area contributed by atoms with Gasteiger partial charge in [-0.3, -0.25) is 0 Å². The standard InChI is InChI=1S/C43H37FO4/c1-24(2)22-47-42(45)36-20-18-34-33-17-15-31(28-10-12-29(44)13-11-28)39-37(43(46)48-23-25(3)4)21-19-35(41(33)39)32-16-14-30(38(36)40(32)34)27-8-6-26(5)7-9-27/h6-21,24-25H,22-23H2,1-5H3. The molecule has 0 aliphatic heterocycles. The van der Waals surface area contributed by atoms with Gasteiger partial charge in [0.1, 0.15) is 5.82 Å². The Morgan fingerprint density at radius 3 is 1.29 bits per heavy atom. The van der Waals surface area contributed by atoms with E-state index in [0.29, 0.717) is 24.3 Å². The van der Waals surface area contributed by atoms with E-state index in [9.17, 15) is 14.0 Å². The third kappa shape index (κ3) is 5.43. The number of fused-ring (bicyclic) bond motifs is 2. The first-order valence-corrected chi connectivity index (χ1v) is 16.5. The first-order valence-electron chi connectivity index (χ1n) is 16.5. The van der Waals surface area contributed by atoms with Gasteiger partial charge in [-0.25, -0.2) is 14.0 Å². The van der Waals surface area contributed by atoms with Crippen LogP contribution in [-0.2, 0) is 9.47 Å². The second-order valence-corrected chi connectivity index (χ2v) is 13.5. The zero-order chi connectivity index (χ0) is 33.7. The van der Waals surface area contributed by atoms with Crippen molar-refractivity contribution in [1.82, 2.24) is 0 Å². The molecular formula is C43H37FO4. The lowest BCUT2D eigenvalue weighted by atomic mass is 9.82. The molecule has 0 saturated carbocycles. The third-order valence-corrected chi connectivity index (χ3v) is 8.95. The largest absolute Gasteiger partial charge is 0.462 e. The van der Waals surface area contributed by atoms with E-state index >= 15 is 0 Å². The Morgan fingerprint density at radius 2 is 0.896 bits per heavy atom. The summed E-state index contributed by atoms with van der Waals surface area (Å²) >= 11 is 0. The predicted molar refractivity (Wildman–Crippen MR) is 193 cm³/mol. The molecule has 0 radical (unpaired) electrons. The molecule has 240 valence electrons. The summed E-state index contributed by atoms with van der Waals surface area (Å²) in [5.74, 6) is -0.701. The van der Waals surface area contributed by atoms with E-state index in [4.69, 9.17) is 9.47 Å². The van der Waals surface area contributed by atoms with Crippen LogP contribution in [0.3, 0.4) is 0 Å². The molecule has 0 amide bonds. The zero-order valence-electron chi connectivity index (χ0n) is 27.8. The van der Waals surface area contributed by atoms with Crippen molar-refractivity contribution < 1.29 is 23.5 Å². The van der Waals surface area contributed by atoms with Gasteiger partial charge in [0.15, 0.2) is 0 Å². The average molecular weight is 637 g/mol. The van der Waals surface area contributed by atoms with Gasteiger partial charge in [0, 0.05) is 10.8 Å². The van der Waals surface area contributed by atoms with Gasteiger partial charge in [-0.1, -0.05) is 106 Å². The highest BCUT2D eigenvalue weighted by atomic mass is 19.1. The number of benzene rings is 7. The van der Waals surface area contributed by atoms with Crippen LogP contribution in [0.25, 0.3) is 65.3 Å². The number of carbonyl (C=O) groups excluding carboxylic acids is 2. The fourth-order valence-electron chi connectivity index (χ4n) is 6.71. The highest BCUT2D eigenvalue weighted by Gasteiger charge is 2.25. The predicted octanol–water partition coefficient (Wildman–Crippen LogP) is 11.1. The van der Waals surface area contributed by atoms with Crippen LogP contribution >= 0.6 is 0 Å². The zero-order valence-corrected chi connectivity index (χ0v) is 27.8. The Kier molecular flexibility index (Phi) is 8.08. The van der Waals surface area contributed by atoms with Crippen molar-refractivity contribution in [3.8, 4) is 22.3 Å². The van der Waals surface area contributed by atoms with Crippen LogP contribution in [0.2, 0.25) is 0 Å². The molecule has 0 N–H and O–H groups in total. The van der Waals surface area contributed by atoms with Crippen LogP contribution in [0, 0.1) is 24.6 Å². The lowest BCUT2D eigenvalue weighted by Crippen LogP contribution is -2.11. The van der Waals surface area contributed by atoms with Gasteiger partial charge >= 0.3 is 11.9 Å². The molecule has 0 saturated heterocycles. The van der Waals surface area contributed by atoms with E-state index in [-0.39, 0.29) is 23.6 Å². The Labute approximate surface area is 279 Å². The minimum absolute atomic E-state index is 0.180. The number of rotatable bonds is 8. The number of hydrogen-bond acceptors (Lipinski definition) is 4. The van der Waals surface area contributed by atoms with Crippen molar-refractivity contribution in [3.63, 3.8) is 0 Å². The highest BCUT2D eigenvalue weighted by molar-refractivity contribution is 6.38. The molecule has 0 unspecified atom stereocenters. The lowest BCUT2D eigenvalue weighted by Gasteiger charge is -2.21. The Morgan fingerprint density at radius 1 is 0.521 bits per heavy atom. The van der Waals surface area contributed by atoms with Gasteiger partial charge < -0.3 is 9.47 Å². The van der Waals surface area contributed by atoms with E-state index in [2.05, 4.69) is 49.4 Å². The first-order chi connectivity index (χ1) is 23.1. The van der Waals surface area contributed by atoms with Gasteiger partial charge in [-0.15, -0.1) is 0 Å². The Balaban J connectivity index is 1.60. The molecule has 5 heteroatoms. The molecule has 7 aromatic carbocycles. The van der Waals surface area contributed by atoms with Crippen molar-refractivity contribution in [2.24, 2.45) is 11.8 Å². The van der Waals surface area contributed by atoms with Gasteiger partial charge in [0.25, 0.3) is 0 Å². The molecule has 0 aromatic heterocycles. The fourth-order valence-corrected chi connectivity index (χ4v) is 6.71. The average Bonchev–Trinajstić information content (AvgIpc) is 3.08. The quantitative estimate of drug-likeness (QED) is 0.0946. The van der Waals surface area contributed by atoms with Crippen LogP contribution in [0.4, 0.5) is 4.39 Å². The molecule has 0 fully saturated rings. The summed E-state index contributed by atoms with van der Waals surface area (Å²) in [6.45, 7) is 10.7. The molecular weight excluding hydrogens is 599 g/mol. The van der Waals surface area contributed by atoms with E-state index in [1.54, 1.807) is 12.1 Å². The number of esters is 2. The SMILES string of the molecule is Cc1ccc(-c2ccc3c4ccc(C(=O)OCC(C)C)c5c(-c6ccc(F)cc6)ccc(c6ccc(C(=O)OCC(C)C)c2c63)c54)cc1. The van der Waals surface area contributed by atoms with Crippen LogP contribution in [0.15, 0.2) is 97.1 Å². The van der Waals surface area contributed by atoms with E-state index in [1.165, 1.54) is 12.1 Å². The van der Waals surface area contributed by atoms with E-state index in [1.807, 2.05) is 58.0 Å². The molecule has 0 bridgehead atoms. The lowest BCUT2D eigenvalue weighted by molar-refractivity contribution is 0.0453. The number of ether oxygens (including phenoxy) is 2.